The van der Waals surface area contributed by atoms with Gasteiger partial charge in [-0.1, -0.05) is 53.4 Å². The Bertz CT molecular complexity index is 1010. The van der Waals surface area contributed by atoms with Crippen LogP contribution in [0.15, 0.2) is 60.7 Å². The first kappa shape index (κ1) is 14.4. The highest BCUT2D eigenvalue weighted by Gasteiger charge is 2.53. The van der Waals surface area contributed by atoms with Crippen molar-refractivity contribution in [3.8, 4) is 11.5 Å². The Kier molecular flexibility index (Phi) is 2.76. The molecular weight excluding hydrogens is 310 g/mol. The topological polar surface area (TPSA) is 35.5 Å². The first-order chi connectivity index (χ1) is 12.1. The molecule has 0 bridgehead atoms. The normalized spacial score (nSPS) is 15.8. The molecule has 1 spiro atoms. The average Bonchev–Trinajstić information content (AvgIpc) is 2.88. The molecule has 0 saturated carbocycles. The number of esters is 1. The van der Waals surface area contributed by atoms with Crippen molar-refractivity contribution in [3.63, 3.8) is 0 Å². The summed E-state index contributed by atoms with van der Waals surface area (Å²) in [5, 5.41) is 0. The molecule has 2 aliphatic heterocycles. The van der Waals surface area contributed by atoms with E-state index in [0.717, 1.165) is 16.7 Å². The number of rotatable bonds is 0. The molecular formula is C20H10B2O3. The Morgan fingerprint density at radius 3 is 2.00 bits per heavy atom. The SMILES string of the molecule is [B]c1ccc2c(c1)Oc1cc([B])ccc1C21OC(=O)c2ccccc21. The quantitative estimate of drug-likeness (QED) is 0.468. The zero-order valence-corrected chi connectivity index (χ0v) is 13.2. The largest absolute Gasteiger partial charge is 0.456 e. The van der Waals surface area contributed by atoms with Gasteiger partial charge in [-0.25, -0.2) is 4.79 Å². The summed E-state index contributed by atoms with van der Waals surface area (Å²) < 4.78 is 12.0. The summed E-state index contributed by atoms with van der Waals surface area (Å²) in [6.07, 6.45) is 0. The van der Waals surface area contributed by atoms with Crippen LogP contribution in [-0.2, 0) is 10.3 Å². The predicted molar refractivity (Wildman–Crippen MR) is 95.5 cm³/mol. The highest BCUT2D eigenvalue weighted by molar-refractivity contribution is 6.33. The maximum absolute atomic E-state index is 12.6. The molecule has 3 aromatic rings. The minimum absolute atomic E-state index is 0.358. The molecule has 0 N–H and O–H groups in total. The van der Waals surface area contributed by atoms with Crippen molar-refractivity contribution in [1.29, 1.82) is 0 Å². The van der Waals surface area contributed by atoms with Crippen LogP contribution in [0.5, 0.6) is 11.5 Å². The minimum atomic E-state index is -1.06. The summed E-state index contributed by atoms with van der Waals surface area (Å²) in [6, 6.07) is 18.1. The number of hydrogen-bond donors (Lipinski definition) is 0. The van der Waals surface area contributed by atoms with Gasteiger partial charge in [0, 0.05) is 16.7 Å². The molecule has 0 fully saturated rings. The zero-order valence-electron chi connectivity index (χ0n) is 13.2. The van der Waals surface area contributed by atoms with Gasteiger partial charge in [0.05, 0.1) is 5.56 Å². The molecule has 4 radical (unpaired) electrons. The molecule has 2 aliphatic rings. The molecule has 2 heterocycles. The summed E-state index contributed by atoms with van der Waals surface area (Å²) in [5.41, 5.74) is 2.92. The molecule has 3 nitrogen and oxygen atoms in total. The first-order valence-corrected chi connectivity index (χ1v) is 7.90. The highest BCUT2D eigenvalue weighted by Crippen LogP contribution is 2.55. The van der Waals surface area contributed by atoms with Crippen LogP contribution in [0.2, 0.25) is 0 Å². The Balaban J connectivity index is 1.91. The Morgan fingerprint density at radius 1 is 0.760 bits per heavy atom. The number of hydrogen-bond acceptors (Lipinski definition) is 3. The molecule has 0 atom stereocenters. The lowest BCUT2D eigenvalue weighted by atomic mass is 9.76. The fourth-order valence-electron chi connectivity index (χ4n) is 3.71. The van der Waals surface area contributed by atoms with Gasteiger partial charge in [-0.15, -0.1) is 0 Å². The molecule has 0 aromatic heterocycles. The van der Waals surface area contributed by atoms with Gasteiger partial charge < -0.3 is 9.47 Å². The molecule has 3 aromatic carbocycles. The maximum Gasteiger partial charge on any atom is 0.340 e. The van der Waals surface area contributed by atoms with Gasteiger partial charge in [-0.05, 0) is 18.2 Å². The van der Waals surface area contributed by atoms with Gasteiger partial charge in [0.1, 0.15) is 27.2 Å². The van der Waals surface area contributed by atoms with Crippen LogP contribution in [0.25, 0.3) is 0 Å². The molecule has 0 unspecified atom stereocenters. The summed E-state index contributed by atoms with van der Waals surface area (Å²) >= 11 is 0. The zero-order chi connectivity index (χ0) is 17.2. The molecule has 5 heteroatoms. The van der Waals surface area contributed by atoms with Crippen molar-refractivity contribution >= 4 is 32.6 Å². The van der Waals surface area contributed by atoms with Crippen molar-refractivity contribution < 1.29 is 14.3 Å². The van der Waals surface area contributed by atoms with E-state index in [9.17, 15) is 4.79 Å². The Hall–Kier alpha value is -2.94. The number of fused-ring (bicyclic) bond motifs is 6. The molecule has 0 saturated heterocycles. The van der Waals surface area contributed by atoms with Crippen LogP contribution >= 0.6 is 0 Å². The second-order valence-electron chi connectivity index (χ2n) is 6.23. The van der Waals surface area contributed by atoms with Crippen LogP contribution in [-0.4, -0.2) is 21.7 Å². The lowest BCUT2D eigenvalue weighted by Crippen LogP contribution is -2.34. The van der Waals surface area contributed by atoms with E-state index in [1.54, 1.807) is 30.3 Å². The van der Waals surface area contributed by atoms with Gasteiger partial charge in [-0.2, -0.15) is 0 Å². The van der Waals surface area contributed by atoms with Gasteiger partial charge in [0.25, 0.3) is 0 Å². The third kappa shape index (κ3) is 1.81. The van der Waals surface area contributed by atoms with Crippen molar-refractivity contribution in [2.24, 2.45) is 0 Å². The van der Waals surface area contributed by atoms with Gasteiger partial charge in [0.15, 0.2) is 5.60 Å². The molecule has 5 rings (SSSR count). The predicted octanol–water partition coefficient (Wildman–Crippen LogP) is 1.84. The van der Waals surface area contributed by atoms with E-state index < -0.39 is 5.60 Å². The van der Waals surface area contributed by atoms with E-state index in [-0.39, 0.29) is 5.97 Å². The van der Waals surface area contributed by atoms with Gasteiger partial charge >= 0.3 is 5.97 Å². The van der Waals surface area contributed by atoms with Crippen LogP contribution in [0.1, 0.15) is 27.0 Å². The minimum Gasteiger partial charge on any atom is -0.456 e. The third-order valence-corrected chi connectivity index (χ3v) is 4.76. The van der Waals surface area contributed by atoms with E-state index in [1.807, 2.05) is 30.3 Å². The monoisotopic (exact) mass is 320 g/mol. The van der Waals surface area contributed by atoms with E-state index >= 15 is 0 Å². The standard InChI is InChI=1S/C20H10B2O3/c21-11-5-7-15-17(9-11)24-18-10-12(22)6-8-16(18)20(15)14-4-2-1-3-13(14)19(23)25-20/h1-10H. The second kappa shape index (κ2) is 4.79. The van der Waals surface area contributed by atoms with Crippen molar-refractivity contribution in [2.45, 2.75) is 5.60 Å². The second-order valence-corrected chi connectivity index (χ2v) is 6.23. The number of carbonyl (C=O) groups is 1. The maximum atomic E-state index is 12.6. The molecule has 25 heavy (non-hydrogen) atoms. The molecule has 0 aliphatic carbocycles. The summed E-state index contributed by atoms with van der Waals surface area (Å²) in [4.78, 5) is 12.6. The van der Waals surface area contributed by atoms with Crippen molar-refractivity contribution in [1.82, 2.24) is 0 Å². The smallest absolute Gasteiger partial charge is 0.340 e. The molecule has 114 valence electrons. The van der Waals surface area contributed by atoms with E-state index in [2.05, 4.69) is 0 Å². The summed E-state index contributed by atoms with van der Waals surface area (Å²) in [6.45, 7) is 0. The van der Waals surface area contributed by atoms with Gasteiger partial charge in [-0.3, -0.25) is 0 Å². The van der Waals surface area contributed by atoms with Crippen molar-refractivity contribution in [2.75, 3.05) is 0 Å². The van der Waals surface area contributed by atoms with Crippen molar-refractivity contribution in [3.05, 3.63) is 82.9 Å². The van der Waals surface area contributed by atoms with Crippen LogP contribution in [0.4, 0.5) is 0 Å². The average molecular weight is 320 g/mol. The fraction of sp³-hybridized carbons (Fsp3) is 0.0500. The summed E-state index contributed by atoms with van der Waals surface area (Å²) in [7, 11) is 11.9. The number of carbonyl (C=O) groups excluding carboxylic acids is 1. The lowest BCUT2D eigenvalue weighted by Gasteiger charge is -2.36. The van der Waals surface area contributed by atoms with Gasteiger partial charge in [0.2, 0.25) is 0 Å². The van der Waals surface area contributed by atoms with Crippen LogP contribution in [0, 0.1) is 0 Å². The number of ether oxygens (including phenoxy) is 2. The summed E-state index contributed by atoms with van der Waals surface area (Å²) in [5.74, 6) is 0.758. The van der Waals surface area contributed by atoms with Crippen LogP contribution < -0.4 is 15.7 Å². The van der Waals surface area contributed by atoms with E-state index in [0.29, 0.717) is 28.0 Å². The Labute approximate surface area is 147 Å². The molecule has 0 amide bonds. The lowest BCUT2D eigenvalue weighted by molar-refractivity contribution is 0.0224. The fourth-order valence-corrected chi connectivity index (χ4v) is 3.71. The third-order valence-electron chi connectivity index (χ3n) is 4.76. The Morgan fingerprint density at radius 2 is 1.36 bits per heavy atom. The first-order valence-electron chi connectivity index (χ1n) is 7.90. The number of benzene rings is 3. The van der Waals surface area contributed by atoms with E-state index in [1.165, 1.54) is 0 Å². The van der Waals surface area contributed by atoms with E-state index in [4.69, 9.17) is 25.2 Å². The van der Waals surface area contributed by atoms with Crippen LogP contribution in [0.3, 0.4) is 0 Å². The highest BCUT2D eigenvalue weighted by atomic mass is 16.6.